The highest BCUT2D eigenvalue weighted by Gasteiger charge is 2.40. The van der Waals surface area contributed by atoms with Gasteiger partial charge in [-0.15, -0.1) is 11.3 Å². The topological polar surface area (TPSA) is 71.1 Å². The number of imide groups is 1. The first-order valence-electron chi connectivity index (χ1n) is 9.87. The smallest absolute Gasteiger partial charge is 0.282 e. The molecule has 164 valence electrons. The van der Waals surface area contributed by atoms with E-state index in [0.29, 0.717) is 33.3 Å². The summed E-state index contributed by atoms with van der Waals surface area (Å²) in [7, 11) is 6.97. The Kier molecular flexibility index (Phi) is 5.87. The minimum atomic E-state index is -0.419. The number of hydrogen-bond acceptors (Lipinski definition) is 7. The van der Waals surface area contributed by atoms with E-state index in [4.69, 9.17) is 9.47 Å². The van der Waals surface area contributed by atoms with Gasteiger partial charge in [0.15, 0.2) is 0 Å². The molecule has 1 aromatic heterocycles. The second-order valence-corrected chi connectivity index (χ2v) is 8.26. The van der Waals surface area contributed by atoms with Crippen molar-refractivity contribution in [3.05, 3.63) is 70.6 Å². The molecule has 0 unspecified atom stereocenters. The number of hydrogen-bond donors (Lipinski definition) is 1. The lowest BCUT2D eigenvalue weighted by molar-refractivity contribution is -0.120. The lowest BCUT2D eigenvalue weighted by atomic mass is 10.1. The molecule has 1 aliphatic rings. The van der Waals surface area contributed by atoms with Gasteiger partial charge in [0.2, 0.25) is 0 Å². The summed E-state index contributed by atoms with van der Waals surface area (Å²) in [5.74, 6) is 0.348. The molecule has 0 bridgehead atoms. The van der Waals surface area contributed by atoms with Gasteiger partial charge in [0.05, 0.1) is 25.5 Å². The predicted molar refractivity (Wildman–Crippen MR) is 128 cm³/mol. The van der Waals surface area contributed by atoms with E-state index in [2.05, 4.69) is 5.32 Å². The summed E-state index contributed by atoms with van der Waals surface area (Å²) in [4.78, 5) is 30.8. The second kappa shape index (κ2) is 8.76. The van der Waals surface area contributed by atoms with Gasteiger partial charge in [-0.2, -0.15) is 0 Å². The van der Waals surface area contributed by atoms with Crippen LogP contribution in [0.2, 0.25) is 0 Å². The molecule has 32 heavy (non-hydrogen) atoms. The van der Waals surface area contributed by atoms with E-state index >= 15 is 0 Å². The van der Waals surface area contributed by atoms with Crippen molar-refractivity contribution in [2.45, 2.75) is 0 Å². The number of benzene rings is 2. The summed E-state index contributed by atoms with van der Waals surface area (Å²) < 4.78 is 10.7. The van der Waals surface area contributed by atoms with Crippen LogP contribution in [0.3, 0.4) is 0 Å². The Balaban J connectivity index is 1.76. The SMILES string of the molecule is COc1cc(NC2=C(c3cccs3)C(=O)N(c3ccc(N(C)C)cc3)C2=O)cc(OC)c1. The molecule has 3 aromatic rings. The third-order valence-corrected chi connectivity index (χ3v) is 5.98. The van der Waals surface area contributed by atoms with Gasteiger partial charge in [0.1, 0.15) is 17.2 Å². The zero-order valence-corrected chi connectivity index (χ0v) is 19.0. The molecule has 2 heterocycles. The third kappa shape index (κ3) is 3.92. The van der Waals surface area contributed by atoms with E-state index in [1.54, 1.807) is 44.6 Å². The van der Waals surface area contributed by atoms with Gasteiger partial charge >= 0.3 is 0 Å². The first-order valence-corrected chi connectivity index (χ1v) is 10.8. The molecule has 4 rings (SSSR count). The van der Waals surface area contributed by atoms with Crippen LogP contribution in [-0.2, 0) is 9.59 Å². The average Bonchev–Trinajstić information content (AvgIpc) is 3.40. The molecule has 0 saturated carbocycles. The van der Waals surface area contributed by atoms with Crippen molar-refractivity contribution in [3.63, 3.8) is 0 Å². The predicted octanol–water partition coefficient (Wildman–Crippen LogP) is 4.23. The average molecular weight is 450 g/mol. The summed E-state index contributed by atoms with van der Waals surface area (Å²) in [5.41, 5.74) is 2.62. The highest BCUT2D eigenvalue weighted by atomic mass is 32.1. The van der Waals surface area contributed by atoms with E-state index in [1.807, 2.05) is 48.6 Å². The monoisotopic (exact) mass is 449 g/mol. The van der Waals surface area contributed by atoms with Crippen molar-refractivity contribution < 1.29 is 19.1 Å². The third-order valence-electron chi connectivity index (χ3n) is 5.10. The van der Waals surface area contributed by atoms with Gasteiger partial charge in [0, 0.05) is 48.5 Å². The normalized spacial score (nSPS) is 13.6. The molecule has 8 heteroatoms. The number of methoxy groups -OCH3 is 2. The van der Waals surface area contributed by atoms with Crippen LogP contribution < -0.4 is 24.6 Å². The van der Waals surface area contributed by atoms with Crippen LogP contribution in [0.1, 0.15) is 4.88 Å². The molecule has 2 amide bonds. The number of thiophene rings is 1. The highest BCUT2D eigenvalue weighted by Crippen LogP contribution is 2.37. The number of carbonyl (C=O) groups is 2. The van der Waals surface area contributed by atoms with Crippen LogP contribution in [0.25, 0.3) is 5.57 Å². The van der Waals surface area contributed by atoms with Crippen LogP contribution in [0.4, 0.5) is 17.1 Å². The Hall–Kier alpha value is -3.78. The maximum absolute atomic E-state index is 13.5. The summed E-state index contributed by atoms with van der Waals surface area (Å²) in [6.07, 6.45) is 0. The van der Waals surface area contributed by atoms with Crippen molar-refractivity contribution in [1.82, 2.24) is 0 Å². The number of amides is 2. The molecular formula is C24H23N3O4S. The highest BCUT2D eigenvalue weighted by molar-refractivity contribution is 7.11. The summed E-state index contributed by atoms with van der Waals surface area (Å²) in [5, 5.41) is 5.02. The number of ether oxygens (including phenoxy) is 2. The summed E-state index contributed by atoms with van der Waals surface area (Å²) in [6, 6.07) is 16.2. The van der Waals surface area contributed by atoms with Crippen molar-refractivity contribution in [2.75, 3.05) is 43.4 Å². The molecule has 0 aliphatic carbocycles. The Labute approximate surface area is 190 Å². The molecule has 0 radical (unpaired) electrons. The molecule has 0 fully saturated rings. The van der Waals surface area contributed by atoms with Crippen LogP contribution in [-0.4, -0.2) is 40.1 Å². The first-order chi connectivity index (χ1) is 15.4. The van der Waals surface area contributed by atoms with Crippen molar-refractivity contribution in [3.8, 4) is 11.5 Å². The van der Waals surface area contributed by atoms with Gasteiger partial charge in [-0.1, -0.05) is 6.07 Å². The van der Waals surface area contributed by atoms with Crippen molar-refractivity contribution in [2.24, 2.45) is 0 Å². The standard InChI is InChI=1S/C24H23N3O4S/c1-26(2)16-7-9-17(10-8-16)27-23(28)21(20-6-5-11-32-20)22(24(27)29)25-15-12-18(30-3)14-19(13-15)31-4/h5-14,25H,1-4H3. The Morgan fingerprint density at radius 1 is 0.906 bits per heavy atom. The van der Waals surface area contributed by atoms with Gasteiger partial charge < -0.3 is 19.7 Å². The number of nitrogens with one attached hydrogen (secondary N) is 1. The molecule has 0 atom stereocenters. The quantitative estimate of drug-likeness (QED) is 0.545. The fraction of sp³-hybridized carbons (Fsp3) is 0.167. The van der Waals surface area contributed by atoms with Gasteiger partial charge in [-0.05, 0) is 35.7 Å². The van der Waals surface area contributed by atoms with Gasteiger partial charge in [0.25, 0.3) is 11.8 Å². The van der Waals surface area contributed by atoms with E-state index in [0.717, 1.165) is 5.69 Å². The van der Waals surface area contributed by atoms with Crippen molar-refractivity contribution >= 4 is 45.8 Å². The molecule has 7 nitrogen and oxygen atoms in total. The van der Waals surface area contributed by atoms with E-state index < -0.39 is 5.91 Å². The van der Waals surface area contributed by atoms with Crippen LogP contribution in [0.5, 0.6) is 11.5 Å². The van der Waals surface area contributed by atoms with E-state index in [-0.39, 0.29) is 11.6 Å². The number of anilines is 3. The zero-order chi connectivity index (χ0) is 22.8. The Morgan fingerprint density at radius 2 is 1.56 bits per heavy atom. The summed E-state index contributed by atoms with van der Waals surface area (Å²) in [6.45, 7) is 0. The Morgan fingerprint density at radius 3 is 2.09 bits per heavy atom. The second-order valence-electron chi connectivity index (χ2n) is 7.31. The minimum absolute atomic E-state index is 0.212. The fourth-order valence-electron chi connectivity index (χ4n) is 3.45. The number of rotatable bonds is 7. The first kappa shape index (κ1) is 21.5. The molecule has 0 saturated heterocycles. The van der Waals surface area contributed by atoms with Gasteiger partial charge in [-0.3, -0.25) is 9.59 Å². The number of carbonyl (C=O) groups excluding carboxylic acids is 2. The van der Waals surface area contributed by atoms with Crippen LogP contribution in [0, 0.1) is 0 Å². The van der Waals surface area contributed by atoms with Gasteiger partial charge in [-0.25, -0.2) is 4.90 Å². The van der Waals surface area contributed by atoms with E-state index in [9.17, 15) is 9.59 Å². The van der Waals surface area contributed by atoms with E-state index in [1.165, 1.54) is 16.2 Å². The summed E-state index contributed by atoms with van der Waals surface area (Å²) >= 11 is 1.41. The zero-order valence-electron chi connectivity index (χ0n) is 18.2. The minimum Gasteiger partial charge on any atom is -0.497 e. The Bertz CT molecular complexity index is 1160. The van der Waals surface area contributed by atoms with Crippen molar-refractivity contribution in [1.29, 1.82) is 0 Å². The molecule has 1 N–H and O–H groups in total. The molecular weight excluding hydrogens is 426 g/mol. The molecule has 2 aromatic carbocycles. The fourth-order valence-corrected chi connectivity index (χ4v) is 4.22. The molecule has 0 spiro atoms. The lowest BCUT2D eigenvalue weighted by Crippen LogP contribution is -2.32. The number of nitrogens with zero attached hydrogens (tertiary/aromatic N) is 2. The largest absolute Gasteiger partial charge is 0.497 e. The molecule has 1 aliphatic heterocycles. The van der Waals surface area contributed by atoms with Crippen LogP contribution in [0.15, 0.2) is 65.7 Å². The lowest BCUT2D eigenvalue weighted by Gasteiger charge is -2.18. The van der Waals surface area contributed by atoms with Crippen LogP contribution >= 0.6 is 11.3 Å². The maximum Gasteiger partial charge on any atom is 0.282 e. The maximum atomic E-state index is 13.5.